The minimum Gasteiger partial charge on any atom is -0.351 e. The number of benzene rings is 1. The summed E-state index contributed by atoms with van der Waals surface area (Å²) in [5, 5.41) is 11.1. The van der Waals surface area contributed by atoms with Gasteiger partial charge in [0.05, 0.1) is 5.69 Å². The number of carbonyl (C=O) groups excluding carboxylic acids is 2. The van der Waals surface area contributed by atoms with Gasteiger partial charge in [-0.3, -0.25) is 9.59 Å². The number of hydrogen-bond donors (Lipinski definition) is 2. The molecular formula is C17H14FN3O2S2. The second kappa shape index (κ2) is 8.00. The van der Waals surface area contributed by atoms with Crippen LogP contribution in [0.3, 0.4) is 0 Å². The van der Waals surface area contributed by atoms with E-state index in [0.29, 0.717) is 22.0 Å². The number of nitrogens with one attached hydrogen (secondary N) is 2. The van der Waals surface area contributed by atoms with Crippen LogP contribution < -0.4 is 10.6 Å². The van der Waals surface area contributed by atoms with Crippen molar-refractivity contribution < 1.29 is 14.0 Å². The average Bonchev–Trinajstić information content (AvgIpc) is 3.26. The van der Waals surface area contributed by atoms with Crippen molar-refractivity contribution in [3.8, 4) is 11.3 Å². The number of aromatic nitrogens is 1. The van der Waals surface area contributed by atoms with E-state index in [4.69, 9.17) is 0 Å². The Morgan fingerprint density at radius 2 is 2.08 bits per heavy atom. The summed E-state index contributed by atoms with van der Waals surface area (Å²) in [5.41, 5.74) is 1.84. The molecule has 3 aromatic rings. The number of anilines is 1. The SMILES string of the molecule is O=C(CCNC(=O)c1ccsc1)Nc1nc(-c2cccc(F)c2)cs1. The van der Waals surface area contributed by atoms with Crippen molar-refractivity contribution in [1.29, 1.82) is 0 Å². The summed E-state index contributed by atoms with van der Waals surface area (Å²) in [5.74, 6) is -0.778. The first-order chi connectivity index (χ1) is 12.1. The lowest BCUT2D eigenvalue weighted by molar-refractivity contribution is -0.116. The fourth-order valence-electron chi connectivity index (χ4n) is 2.08. The maximum atomic E-state index is 13.2. The molecule has 0 aliphatic heterocycles. The highest BCUT2D eigenvalue weighted by molar-refractivity contribution is 7.14. The Morgan fingerprint density at radius 1 is 1.20 bits per heavy atom. The third kappa shape index (κ3) is 4.71. The van der Waals surface area contributed by atoms with Gasteiger partial charge in [-0.15, -0.1) is 11.3 Å². The van der Waals surface area contributed by atoms with Crippen molar-refractivity contribution in [2.45, 2.75) is 6.42 Å². The molecule has 128 valence electrons. The molecule has 0 unspecified atom stereocenters. The number of nitrogens with zero attached hydrogens (tertiary/aromatic N) is 1. The minimum atomic E-state index is -0.336. The molecule has 2 N–H and O–H groups in total. The zero-order valence-electron chi connectivity index (χ0n) is 13.0. The second-order valence-corrected chi connectivity index (χ2v) is 6.75. The average molecular weight is 375 g/mol. The van der Waals surface area contributed by atoms with E-state index in [1.165, 1.54) is 34.8 Å². The van der Waals surface area contributed by atoms with Crippen molar-refractivity contribution in [2.24, 2.45) is 0 Å². The van der Waals surface area contributed by atoms with Gasteiger partial charge in [0.15, 0.2) is 5.13 Å². The predicted octanol–water partition coefficient (Wildman–Crippen LogP) is 3.77. The number of amides is 2. The maximum absolute atomic E-state index is 13.2. The molecule has 2 amide bonds. The van der Waals surface area contributed by atoms with Gasteiger partial charge in [-0.25, -0.2) is 9.37 Å². The highest BCUT2D eigenvalue weighted by atomic mass is 32.1. The van der Waals surface area contributed by atoms with Crippen LogP contribution in [0, 0.1) is 5.82 Å². The number of rotatable bonds is 6. The number of thiazole rings is 1. The Hall–Kier alpha value is -2.58. The van der Waals surface area contributed by atoms with E-state index in [1.54, 1.807) is 29.0 Å². The summed E-state index contributed by atoms with van der Waals surface area (Å²) in [6.45, 7) is 0.239. The fourth-order valence-corrected chi connectivity index (χ4v) is 3.45. The number of halogens is 1. The van der Waals surface area contributed by atoms with Crippen molar-refractivity contribution in [1.82, 2.24) is 10.3 Å². The van der Waals surface area contributed by atoms with Crippen molar-refractivity contribution in [3.05, 3.63) is 57.9 Å². The highest BCUT2D eigenvalue weighted by Gasteiger charge is 2.10. The minimum absolute atomic E-state index is 0.144. The molecule has 0 radical (unpaired) electrons. The Balaban J connectivity index is 1.49. The Kier molecular flexibility index (Phi) is 5.52. The van der Waals surface area contributed by atoms with E-state index in [0.717, 1.165) is 0 Å². The third-order valence-electron chi connectivity index (χ3n) is 3.29. The van der Waals surface area contributed by atoms with Crippen LogP contribution in [0.1, 0.15) is 16.8 Å². The molecule has 0 aliphatic carbocycles. The lowest BCUT2D eigenvalue weighted by atomic mass is 10.2. The molecule has 0 aliphatic rings. The highest BCUT2D eigenvalue weighted by Crippen LogP contribution is 2.25. The molecule has 2 aromatic heterocycles. The van der Waals surface area contributed by atoms with Crippen molar-refractivity contribution in [2.75, 3.05) is 11.9 Å². The van der Waals surface area contributed by atoms with Crippen LogP contribution in [0.5, 0.6) is 0 Å². The first kappa shape index (κ1) is 17.2. The Morgan fingerprint density at radius 3 is 2.84 bits per heavy atom. The molecule has 0 saturated heterocycles. The topological polar surface area (TPSA) is 71.1 Å². The monoisotopic (exact) mass is 375 g/mol. The van der Waals surface area contributed by atoms with Crippen molar-refractivity contribution in [3.63, 3.8) is 0 Å². The van der Waals surface area contributed by atoms with Gasteiger partial charge in [0.1, 0.15) is 5.82 Å². The molecule has 0 atom stereocenters. The van der Waals surface area contributed by atoms with Crippen LogP contribution in [0.2, 0.25) is 0 Å². The smallest absolute Gasteiger partial charge is 0.252 e. The standard InChI is InChI=1S/C17H14FN3O2S2/c18-13-3-1-2-11(8-13)14-10-25-17(20-14)21-15(22)4-6-19-16(23)12-5-7-24-9-12/h1-3,5,7-10H,4,6H2,(H,19,23)(H,20,21,22). The summed E-state index contributed by atoms with van der Waals surface area (Å²) in [7, 11) is 0. The zero-order valence-corrected chi connectivity index (χ0v) is 14.6. The largest absolute Gasteiger partial charge is 0.351 e. The third-order valence-corrected chi connectivity index (χ3v) is 4.73. The van der Waals surface area contributed by atoms with Crippen LogP contribution in [-0.4, -0.2) is 23.3 Å². The summed E-state index contributed by atoms with van der Waals surface area (Å²) in [6, 6.07) is 7.84. The van der Waals surface area contributed by atoms with Gasteiger partial charge in [-0.1, -0.05) is 12.1 Å². The van der Waals surface area contributed by atoms with Gasteiger partial charge in [-0.05, 0) is 23.6 Å². The lowest BCUT2D eigenvalue weighted by Gasteiger charge is -2.04. The summed E-state index contributed by atoms with van der Waals surface area (Å²) in [6.07, 6.45) is 0.144. The molecule has 1 aromatic carbocycles. The Labute approximate surface area is 151 Å². The first-order valence-corrected chi connectivity index (χ1v) is 9.26. The Bertz CT molecular complexity index is 878. The molecule has 3 rings (SSSR count). The van der Waals surface area contributed by atoms with Gasteiger partial charge in [0.2, 0.25) is 5.91 Å². The van der Waals surface area contributed by atoms with Crippen LogP contribution in [0.4, 0.5) is 9.52 Å². The van der Waals surface area contributed by atoms with E-state index in [-0.39, 0.29) is 30.6 Å². The quantitative estimate of drug-likeness (QED) is 0.689. The molecule has 0 spiro atoms. The first-order valence-electron chi connectivity index (χ1n) is 7.43. The summed E-state index contributed by atoms with van der Waals surface area (Å²) < 4.78 is 13.2. The number of hydrogen-bond acceptors (Lipinski definition) is 5. The number of carbonyl (C=O) groups is 2. The summed E-state index contributed by atoms with van der Waals surface area (Å²) >= 11 is 2.71. The molecule has 5 nitrogen and oxygen atoms in total. The van der Waals surface area contributed by atoms with Gasteiger partial charge >= 0.3 is 0 Å². The van der Waals surface area contributed by atoms with Crippen molar-refractivity contribution >= 4 is 39.6 Å². The van der Waals surface area contributed by atoms with E-state index < -0.39 is 0 Å². The van der Waals surface area contributed by atoms with Gasteiger partial charge in [0, 0.05) is 34.9 Å². The van der Waals surface area contributed by atoms with Crippen LogP contribution >= 0.6 is 22.7 Å². The van der Waals surface area contributed by atoms with Crippen LogP contribution in [0.15, 0.2) is 46.5 Å². The number of thiophene rings is 1. The second-order valence-electron chi connectivity index (χ2n) is 5.11. The molecular weight excluding hydrogens is 361 g/mol. The molecule has 8 heteroatoms. The maximum Gasteiger partial charge on any atom is 0.252 e. The molecule has 25 heavy (non-hydrogen) atoms. The molecule has 0 fully saturated rings. The molecule has 0 bridgehead atoms. The summed E-state index contributed by atoms with van der Waals surface area (Å²) in [4.78, 5) is 28.0. The fraction of sp³-hybridized carbons (Fsp3) is 0.118. The van der Waals surface area contributed by atoms with Gasteiger partial charge < -0.3 is 10.6 Å². The van der Waals surface area contributed by atoms with E-state index in [1.807, 2.05) is 5.38 Å². The van der Waals surface area contributed by atoms with E-state index >= 15 is 0 Å². The van der Waals surface area contributed by atoms with Crippen LogP contribution in [0.25, 0.3) is 11.3 Å². The van der Waals surface area contributed by atoms with E-state index in [2.05, 4.69) is 15.6 Å². The zero-order chi connectivity index (χ0) is 17.6. The molecule has 0 saturated carbocycles. The normalized spacial score (nSPS) is 10.4. The molecule has 2 heterocycles. The van der Waals surface area contributed by atoms with E-state index in [9.17, 15) is 14.0 Å². The van der Waals surface area contributed by atoms with Crippen LogP contribution in [-0.2, 0) is 4.79 Å². The van der Waals surface area contributed by atoms with Gasteiger partial charge in [0.25, 0.3) is 5.91 Å². The predicted molar refractivity (Wildman–Crippen MR) is 97.4 cm³/mol. The lowest BCUT2D eigenvalue weighted by Crippen LogP contribution is -2.27. The van der Waals surface area contributed by atoms with Gasteiger partial charge in [-0.2, -0.15) is 11.3 Å².